The van der Waals surface area contributed by atoms with E-state index in [9.17, 15) is 13.5 Å². The smallest absolute Gasteiger partial charge is 0.301 e. The summed E-state index contributed by atoms with van der Waals surface area (Å²) in [5.74, 6) is 0.176. The zero-order valence-electron chi connectivity index (χ0n) is 12.1. The third-order valence-electron chi connectivity index (χ3n) is 3.50. The highest BCUT2D eigenvalue weighted by Crippen LogP contribution is 2.29. The molecule has 0 aliphatic carbocycles. The first-order valence-corrected chi connectivity index (χ1v) is 8.08. The van der Waals surface area contributed by atoms with Crippen molar-refractivity contribution >= 4 is 15.9 Å². The van der Waals surface area contributed by atoms with Crippen LogP contribution in [0.15, 0.2) is 18.2 Å². The predicted octanol–water partition coefficient (Wildman–Crippen LogP) is 1.17. The van der Waals surface area contributed by atoms with Gasteiger partial charge >= 0.3 is 10.2 Å². The maximum atomic E-state index is 12.3. The molecular formula is C13H20N2O5S. The number of piperidine rings is 1. The van der Waals surface area contributed by atoms with E-state index in [1.165, 1.54) is 29.6 Å². The van der Waals surface area contributed by atoms with Crippen molar-refractivity contribution in [3.05, 3.63) is 18.2 Å². The Morgan fingerprint density at radius 2 is 1.95 bits per heavy atom. The molecule has 2 rings (SSSR count). The summed E-state index contributed by atoms with van der Waals surface area (Å²) in [5, 5.41) is 9.51. The van der Waals surface area contributed by atoms with Crippen LogP contribution < -0.4 is 9.46 Å². The van der Waals surface area contributed by atoms with E-state index in [1.807, 2.05) is 0 Å². The van der Waals surface area contributed by atoms with Crippen LogP contribution in [0.4, 0.5) is 5.69 Å². The molecule has 0 amide bonds. The van der Waals surface area contributed by atoms with Gasteiger partial charge in [0.15, 0.2) is 11.5 Å². The van der Waals surface area contributed by atoms with Crippen molar-refractivity contribution in [1.29, 1.82) is 0 Å². The van der Waals surface area contributed by atoms with Crippen LogP contribution in [0.5, 0.6) is 11.5 Å². The first kappa shape index (κ1) is 15.9. The maximum absolute atomic E-state index is 12.3. The van der Waals surface area contributed by atoms with Crippen molar-refractivity contribution in [3.63, 3.8) is 0 Å². The van der Waals surface area contributed by atoms with E-state index in [1.54, 1.807) is 7.11 Å². The first-order chi connectivity index (χ1) is 9.96. The molecule has 1 fully saturated rings. The topological polar surface area (TPSA) is 88.1 Å². The Bertz CT molecular complexity index is 582. The summed E-state index contributed by atoms with van der Waals surface area (Å²) in [6.07, 6.45) is 1.47. The second-order valence-electron chi connectivity index (χ2n) is 4.83. The Labute approximate surface area is 124 Å². The molecule has 1 aromatic carbocycles. The van der Waals surface area contributed by atoms with E-state index in [-0.39, 0.29) is 17.6 Å². The number of nitrogens with zero attached hydrogens (tertiary/aromatic N) is 1. The van der Waals surface area contributed by atoms with Crippen LogP contribution in [-0.2, 0) is 14.9 Å². The lowest BCUT2D eigenvalue weighted by molar-refractivity contribution is 0.0606. The van der Waals surface area contributed by atoms with Crippen molar-refractivity contribution < 1.29 is 23.0 Å². The zero-order valence-corrected chi connectivity index (χ0v) is 12.9. The predicted molar refractivity (Wildman–Crippen MR) is 78.8 cm³/mol. The number of ether oxygens (including phenoxy) is 2. The molecule has 0 aromatic heterocycles. The Morgan fingerprint density at radius 1 is 1.29 bits per heavy atom. The van der Waals surface area contributed by atoms with Crippen molar-refractivity contribution in [2.24, 2.45) is 0 Å². The molecule has 1 aliphatic heterocycles. The number of hydrogen-bond donors (Lipinski definition) is 2. The van der Waals surface area contributed by atoms with Crippen molar-refractivity contribution in [1.82, 2.24) is 4.31 Å². The minimum atomic E-state index is -3.62. The van der Waals surface area contributed by atoms with Crippen molar-refractivity contribution in [3.8, 4) is 11.5 Å². The van der Waals surface area contributed by atoms with Crippen LogP contribution in [0.25, 0.3) is 0 Å². The first-order valence-electron chi connectivity index (χ1n) is 6.64. The monoisotopic (exact) mass is 316 g/mol. The average molecular weight is 316 g/mol. The molecule has 0 atom stereocenters. The van der Waals surface area contributed by atoms with Crippen LogP contribution >= 0.6 is 0 Å². The van der Waals surface area contributed by atoms with E-state index in [0.29, 0.717) is 31.6 Å². The number of methoxy groups -OCH3 is 2. The van der Waals surface area contributed by atoms with Gasteiger partial charge in [-0.05, 0) is 25.0 Å². The highest BCUT2D eigenvalue weighted by Gasteiger charge is 2.28. The van der Waals surface area contributed by atoms with Gasteiger partial charge in [0.05, 0.1) is 18.9 Å². The Kier molecular flexibility index (Phi) is 4.92. The van der Waals surface area contributed by atoms with Gasteiger partial charge < -0.3 is 14.6 Å². The highest BCUT2D eigenvalue weighted by atomic mass is 32.2. The Balaban J connectivity index is 2.07. The number of hydrogen-bond acceptors (Lipinski definition) is 5. The summed E-state index contributed by atoms with van der Waals surface area (Å²) in [6.45, 7) is 0.839. The minimum absolute atomic E-state index is 0.0404. The third kappa shape index (κ3) is 3.78. The number of anilines is 1. The molecule has 1 saturated heterocycles. The summed E-state index contributed by atoms with van der Waals surface area (Å²) < 4.78 is 38.7. The van der Waals surface area contributed by atoms with E-state index in [0.717, 1.165) is 0 Å². The fourth-order valence-electron chi connectivity index (χ4n) is 2.26. The lowest BCUT2D eigenvalue weighted by atomic mass is 10.1. The molecule has 0 radical (unpaired) electrons. The molecule has 1 aliphatic rings. The quantitative estimate of drug-likeness (QED) is 0.796. The lowest BCUT2D eigenvalue weighted by Crippen LogP contribution is -2.43. The molecule has 0 bridgehead atoms. The largest absolute Gasteiger partial charge is 0.504 e. The molecule has 21 heavy (non-hydrogen) atoms. The number of aromatic hydroxyl groups is 1. The molecule has 118 valence electrons. The molecular weight excluding hydrogens is 296 g/mol. The number of phenols is 1. The zero-order chi connectivity index (χ0) is 15.5. The third-order valence-corrected chi connectivity index (χ3v) is 5.04. The highest BCUT2D eigenvalue weighted by molar-refractivity contribution is 7.90. The van der Waals surface area contributed by atoms with Crippen molar-refractivity contribution in [2.45, 2.75) is 18.9 Å². The van der Waals surface area contributed by atoms with Crippen LogP contribution in [0.1, 0.15) is 12.8 Å². The second kappa shape index (κ2) is 6.50. The molecule has 0 unspecified atom stereocenters. The fraction of sp³-hybridized carbons (Fsp3) is 0.538. The van der Waals surface area contributed by atoms with Crippen LogP contribution in [0, 0.1) is 0 Å². The van der Waals surface area contributed by atoms with E-state index >= 15 is 0 Å². The number of rotatable bonds is 5. The summed E-state index contributed by atoms with van der Waals surface area (Å²) in [4.78, 5) is 0. The summed E-state index contributed by atoms with van der Waals surface area (Å²) in [6, 6.07) is 4.31. The normalized spacial score (nSPS) is 17.6. The van der Waals surface area contributed by atoms with Gasteiger partial charge in [0.2, 0.25) is 0 Å². The molecule has 1 aromatic rings. The second-order valence-corrected chi connectivity index (χ2v) is 6.50. The van der Waals surface area contributed by atoms with Gasteiger partial charge in [-0.25, -0.2) is 0 Å². The molecule has 1 heterocycles. The summed E-state index contributed by atoms with van der Waals surface area (Å²) >= 11 is 0. The van der Waals surface area contributed by atoms with E-state index < -0.39 is 10.2 Å². The molecule has 0 saturated carbocycles. The van der Waals surface area contributed by atoms with Gasteiger partial charge in [-0.1, -0.05) is 0 Å². The fourth-order valence-corrected chi connectivity index (χ4v) is 3.51. The van der Waals surface area contributed by atoms with Crippen molar-refractivity contribution in [2.75, 3.05) is 32.0 Å². The number of nitrogens with one attached hydrogen (secondary N) is 1. The number of phenolic OH excluding ortho intramolecular Hbond substituents is 1. The maximum Gasteiger partial charge on any atom is 0.301 e. The Hall–Kier alpha value is -1.51. The van der Waals surface area contributed by atoms with Gasteiger partial charge in [0.25, 0.3) is 0 Å². The summed E-state index contributed by atoms with van der Waals surface area (Å²) in [5.41, 5.74) is 0.346. The van der Waals surface area contributed by atoms with Gasteiger partial charge in [-0.2, -0.15) is 12.7 Å². The number of benzene rings is 1. The summed E-state index contributed by atoms with van der Waals surface area (Å²) in [7, 11) is -0.575. The van der Waals surface area contributed by atoms with E-state index in [2.05, 4.69) is 4.72 Å². The van der Waals surface area contributed by atoms with Gasteiger partial charge in [0, 0.05) is 26.3 Å². The van der Waals surface area contributed by atoms with Crippen LogP contribution in [0.2, 0.25) is 0 Å². The average Bonchev–Trinajstić information content (AvgIpc) is 2.49. The van der Waals surface area contributed by atoms with Gasteiger partial charge in [-0.15, -0.1) is 0 Å². The minimum Gasteiger partial charge on any atom is -0.504 e. The lowest BCUT2D eigenvalue weighted by Gasteiger charge is -2.30. The van der Waals surface area contributed by atoms with E-state index in [4.69, 9.17) is 9.47 Å². The molecule has 0 spiro atoms. The Morgan fingerprint density at radius 3 is 2.52 bits per heavy atom. The molecule has 8 heteroatoms. The van der Waals surface area contributed by atoms with Crippen LogP contribution in [-0.4, -0.2) is 51.2 Å². The van der Waals surface area contributed by atoms with Crippen LogP contribution in [0.3, 0.4) is 0 Å². The molecule has 2 N–H and O–H groups in total. The SMILES string of the molecule is COc1cc(NS(=O)(=O)N2CCC(OC)CC2)ccc1O. The van der Waals surface area contributed by atoms with Gasteiger partial charge in [-0.3, -0.25) is 4.72 Å². The van der Waals surface area contributed by atoms with Gasteiger partial charge in [0.1, 0.15) is 0 Å². The standard InChI is InChI=1S/C13H20N2O5S/c1-19-11-5-7-15(8-6-11)21(17,18)14-10-3-4-12(16)13(9-10)20-2/h3-4,9,11,14,16H,5-8H2,1-2H3. The molecule has 7 nitrogen and oxygen atoms in total.